The van der Waals surface area contributed by atoms with E-state index in [2.05, 4.69) is 37.7 Å². The Morgan fingerprint density at radius 3 is 2.16 bits per heavy atom. The quantitative estimate of drug-likeness (QED) is 0.193. The summed E-state index contributed by atoms with van der Waals surface area (Å²) in [5.41, 5.74) is 4.88. The molecule has 2 amide bonds. The normalized spacial score (nSPS) is 11.7. The minimum Gasteiger partial charge on any atom is -0.493 e. The van der Waals surface area contributed by atoms with Crippen LogP contribution in [0.1, 0.15) is 36.5 Å². The topological polar surface area (TPSA) is 89.0 Å². The first-order valence-electron chi connectivity index (χ1n) is 12.0. The molecule has 0 radical (unpaired) electrons. The SMILES string of the molecule is C#CCOc1c(Br)cc(/C=N\NC(=O)[C@H](NC(=O)C(c2ccccc2)c2ccccc2)C(C)C)cc1OC. The third kappa shape index (κ3) is 7.46. The molecule has 3 aromatic rings. The van der Waals surface area contributed by atoms with E-state index in [-0.39, 0.29) is 18.4 Å². The molecule has 0 aliphatic rings. The molecule has 8 heteroatoms. The van der Waals surface area contributed by atoms with E-state index in [4.69, 9.17) is 15.9 Å². The van der Waals surface area contributed by atoms with Crippen molar-refractivity contribution in [2.45, 2.75) is 25.8 Å². The van der Waals surface area contributed by atoms with Gasteiger partial charge in [-0.3, -0.25) is 9.59 Å². The van der Waals surface area contributed by atoms with Crippen LogP contribution in [0, 0.1) is 18.3 Å². The molecule has 3 aromatic carbocycles. The number of hydrazone groups is 1. The maximum absolute atomic E-state index is 13.5. The summed E-state index contributed by atoms with van der Waals surface area (Å²) in [6, 6.07) is 21.6. The van der Waals surface area contributed by atoms with E-state index in [9.17, 15) is 9.59 Å². The third-order valence-corrected chi connectivity index (χ3v) is 6.30. The summed E-state index contributed by atoms with van der Waals surface area (Å²) < 4.78 is 11.5. The van der Waals surface area contributed by atoms with Crippen molar-refractivity contribution < 1.29 is 19.1 Å². The molecule has 0 aromatic heterocycles. The predicted molar refractivity (Wildman–Crippen MR) is 152 cm³/mol. The molecule has 0 fully saturated rings. The standard InChI is InChI=1S/C30H30BrN3O4/c1-5-16-38-28-24(31)17-21(18-25(28)37-4)19-32-34-30(36)27(20(2)3)33-29(35)26(22-12-8-6-9-13-22)23-14-10-7-11-15-23/h1,6-15,17-20,26-27H,16H2,2-4H3,(H,33,35)(H,34,36)/b32-19-/t27-/m1/s1. The Labute approximate surface area is 231 Å². The highest BCUT2D eigenvalue weighted by Crippen LogP contribution is 2.36. The minimum absolute atomic E-state index is 0.0934. The Bertz CT molecular complexity index is 1260. The van der Waals surface area contributed by atoms with Gasteiger partial charge in [0.15, 0.2) is 11.5 Å². The maximum atomic E-state index is 13.5. The Morgan fingerprint density at radius 2 is 1.63 bits per heavy atom. The average Bonchev–Trinajstić information content (AvgIpc) is 2.92. The Kier molecular flexibility index (Phi) is 10.5. The number of amides is 2. The number of benzene rings is 3. The van der Waals surface area contributed by atoms with Gasteiger partial charge in [0.1, 0.15) is 12.6 Å². The van der Waals surface area contributed by atoms with Crippen LogP contribution >= 0.6 is 15.9 Å². The number of rotatable bonds is 11. The fraction of sp³-hybridized carbons (Fsp3) is 0.233. The van der Waals surface area contributed by atoms with Gasteiger partial charge >= 0.3 is 0 Å². The molecule has 0 heterocycles. The number of nitrogens with zero attached hydrogens (tertiary/aromatic N) is 1. The van der Waals surface area contributed by atoms with Gasteiger partial charge in [-0.25, -0.2) is 5.43 Å². The average molecular weight is 576 g/mol. The summed E-state index contributed by atoms with van der Waals surface area (Å²) >= 11 is 3.44. The van der Waals surface area contributed by atoms with Crippen LogP contribution in [0.2, 0.25) is 0 Å². The second kappa shape index (κ2) is 14.0. The summed E-state index contributed by atoms with van der Waals surface area (Å²) in [7, 11) is 1.52. The van der Waals surface area contributed by atoms with E-state index >= 15 is 0 Å². The summed E-state index contributed by atoms with van der Waals surface area (Å²) in [4.78, 5) is 26.6. The number of methoxy groups -OCH3 is 1. The number of hydrogen-bond acceptors (Lipinski definition) is 5. The molecular weight excluding hydrogens is 546 g/mol. The molecule has 1 atom stereocenters. The summed E-state index contributed by atoms with van der Waals surface area (Å²) in [5, 5.41) is 7.03. The number of nitrogens with one attached hydrogen (secondary N) is 2. The highest BCUT2D eigenvalue weighted by Gasteiger charge is 2.29. The number of ether oxygens (including phenoxy) is 2. The summed E-state index contributed by atoms with van der Waals surface area (Å²) in [5.74, 6) is 1.91. The van der Waals surface area contributed by atoms with Gasteiger partial charge < -0.3 is 14.8 Å². The first-order valence-corrected chi connectivity index (χ1v) is 12.8. The molecule has 38 heavy (non-hydrogen) atoms. The zero-order valence-electron chi connectivity index (χ0n) is 21.5. The van der Waals surface area contributed by atoms with Crippen LogP contribution in [-0.2, 0) is 9.59 Å². The summed E-state index contributed by atoms with van der Waals surface area (Å²) in [6.45, 7) is 3.83. The molecule has 0 unspecified atom stereocenters. The van der Waals surface area contributed by atoms with Crippen molar-refractivity contribution in [2.75, 3.05) is 13.7 Å². The van der Waals surface area contributed by atoms with Crippen LogP contribution < -0.4 is 20.2 Å². The zero-order chi connectivity index (χ0) is 27.5. The lowest BCUT2D eigenvalue weighted by atomic mass is 9.89. The molecule has 0 saturated heterocycles. The monoisotopic (exact) mass is 575 g/mol. The van der Waals surface area contributed by atoms with Gasteiger partial charge in [-0.1, -0.05) is 80.4 Å². The van der Waals surface area contributed by atoms with Crippen molar-refractivity contribution in [3.8, 4) is 23.8 Å². The van der Waals surface area contributed by atoms with Crippen LogP contribution in [0.5, 0.6) is 11.5 Å². The van der Waals surface area contributed by atoms with Gasteiger partial charge in [0, 0.05) is 0 Å². The Morgan fingerprint density at radius 1 is 1.03 bits per heavy atom. The highest BCUT2D eigenvalue weighted by molar-refractivity contribution is 9.10. The van der Waals surface area contributed by atoms with Crippen LogP contribution in [0.25, 0.3) is 0 Å². The van der Waals surface area contributed by atoms with Gasteiger partial charge in [0.2, 0.25) is 5.91 Å². The van der Waals surface area contributed by atoms with Gasteiger partial charge in [0.25, 0.3) is 5.91 Å². The second-order valence-electron chi connectivity index (χ2n) is 8.75. The molecule has 196 valence electrons. The molecule has 0 saturated carbocycles. The van der Waals surface area contributed by atoms with Gasteiger partial charge in [-0.2, -0.15) is 5.10 Å². The lowest BCUT2D eigenvalue weighted by Crippen LogP contribution is -2.50. The largest absolute Gasteiger partial charge is 0.493 e. The van der Waals surface area contributed by atoms with Gasteiger partial charge in [-0.05, 0) is 50.7 Å². The molecule has 0 aliphatic carbocycles. The second-order valence-corrected chi connectivity index (χ2v) is 9.60. The third-order valence-electron chi connectivity index (χ3n) is 5.71. The van der Waals surface area contributed by atoms with Crippen molar-refractivity contribution >= 4 is 34.0 Å². The van der Waals surface area contributed by atoms with E-state index in [1.54, 1.807) is 12.1 Å². The van der Waals surface area contributed by atoms with Crippen LogP contribution in [-0.4, -0.2) is 37.8 Å². The zero-order valence-corrected chi connectivity index (χ0v) is 23.1. The van der Waals surface area contributed by atoms with E-state index in [0.717, 1.165) is 11.1 Å². The number of carbonyl (C=O) groups is 2. The minimum atomic E-state index is -0.796. The van der Waals surface area contributed by atoms with E-state index in [0.29, 0.717) is 21.5 Å². The summed E-state index contributed by atoms with van der Waals surface area (Å²) in [6.07, 6.45) is 6.75. The fourth-order valence-corrected chi connectivity index (χ4v) is 4.44. The molecular formula is C30H30BrN3O4. The Hall–Kier alpha value is -4.09. The number of carbonyl (C=O) groups excluding carboxylic acids is 2. The van der Waals surface area contributed by atoms with Crippen molar-refractivity contribution in [3.63, 3.8) is 0 Å². The lowest BCUT2D eigenvalue weighted by Gasteiger charge is -2.24. The first kappa shape index (κ1) is 28.5. The van der Waals surface area contributed by atoms with Crippen LogP contribution in [0.4, 0.5) is 0 Å². The molecule has 0 bridgehead atoms. The molecule has 2 N–H and O–H groups in total. The molecule has 7 nitrogen and oxygen atoms in total. The predicted octanol–water partition coefficient (Wildman–Crippen LogP) is 4.89. The number of terminal acetylenes is 1. The van der Waals surface area contributed by atoms with Crippen LogP contribution in [0.15, 0.2) is 82.4 Å². The highest BCUT2D eigenvalue weighted by atomic mass is 79.9. The van der Waals surface area contributed by atoms with Crippen molar-refractivity contribution in [1.29, 1.82) is 0 Å². The van der Waals surface area contributed by atoms with Crippen molar-refractivity contribution in [1.82, 2.24) is 10.7 Å². The molecule has 0 spiro atoms. The number of halogens is 1. The van der Waals surface area contributed by atoms with Gasteiger partial charge in [-0.15, -0.1) is 6.42 Å². The van der Waals surface area contributed by atoms with Crippen molar-refractivity contribution in [3.05, 3.63) is 94.0 Å². The Balaban J connectivity index is 1.75. The van der Waals surface area contributed by atoms with E-state index in [1.807, 2.05) is 74.5 Å². The van der Waals surface area contributed by atoms with E-state index in [1.165, 1.54) is 13.3 Å². The molecule has 3 rings (SSSR count). The van der Waals surface area contributed by atoms with Crippen molar-refractivity contribution in [2.24, 2.45) is 11.0 Å². The fourth-order valence-electron chi connectivity index (χ4n) is 3.87. The smallest absolute Gasteiger partial charge is 0.262 e. The molecule has 0 aliphatic heterocycles. The van der Waals surface area contributed by atoms with E-state index < -0.39 is 17.9 Å². The lowest BCUT2D eigenvalue weighted by molar-refractivity contribution is -0.130. The number of hydrogen-bond donors (Lipinski definition) is 2. The maximum Gasteiger partial charge on any atom is 0.262 e. The van der Waals surface area contributed by atoms with Gasteiger partial charge in [0.05, 0.1) is 23.7 Å². The van der Waals surface area contributed by atoms with Crippen LogP contribution in [0.3, 0.4) is 0 Å². The first-order chi connectivity index (χ1) is 18.3.